The molecule has 2 aromatic rings. The minimum Gasteiger partial charge on any atom is -0.508 e. The number of esters is 1. The molecule has 0 spiro atoms. The zero-order chi connectivity index (χ0) is 18.4. The fourth-order valence-corrected chi connectivity index (χ4v) is 2.21. The summed E-state index contributed by atoms with van der Waals surface area (Å²) in [5.74, 6) is 0.737. The Balaban J connectivity index is 2.12. The van der Waals surface area contributed by atoms with E-state index >= 15 is 0 Å². The summed E-state index contributed by atoms with van der Waals surface area (Å²) in [5.41, 5.74) is 2.41. The molecule has 0 fully saturated rings. The Bertz CT molecular complexity index is 748. The zero-order valence-corrected chi connectivity index (χ0v) is 14.9. The highest BCUT2D eigenvalue weighted by molar-refractivity contribution is 5.90. The summed E-state index contributed by atoms with van der Waals surface area (Å²) < 4.78 is 11.2. The molecular weight excluding hydrogens is 316 g/mol. The number of phenols is 1. The summed E-state index contributed by atoms with van der Waals surface area (Å²) in [6.07, 6.45) is 0. The van der Waals surface area contributed by atoms with Crippen LogP contribution in [-0.4, -0.2) is 24.3 Å². The number of ether oxygens (including phenoxy) is 2. The highest BCUT2D eigenvalue weighted by Gasteiger charge is 2.14. The summed E-state index contributed by atoms with van der Waals surface area (Å²) in [6, 6.07) is 12.2. The predicted octanol–water partition coefficient (Wildman–Crippen LogP) is 4.61. The summed E-state index contributed by atoms with van der Waals surface area (Å²) in [4.78, 5) is 12.1. The molecule has 0 aliphatic heterocycles. The van der Waals surface area contributed by atoms with Crippen LogP contribution in [0.1, 0.15) is 35.3 Å². The van der Waals surface area contributed by atoms with E-state index in [2.05, 4.69) is 20.4 Å². The zero-order valence-electron chi connectivity index (χ0n) is 14.9. The van der Waals surface area contributed by atoms with E-state index in [1.165, 1.54) is 0 Å². The third-order valence-electron chi connectivity index (χ3n) is 3.64. The van der Waals surface area contributed by atoms with Crippen LogP contribution >= 0.6 is 0 Å². The van der Waals surface area contributed by atoms with Crippen LogP contribution in [0.25, 0.3) is 5.57 Å². The first-order valence-electron chi connectivity index (χ1n) is 8.25. The van der Waals surface area contributed by atoms with Crippen molar-refractivity contribution in [2.24, 2.45) is 5.92 Å². The van der Waals surface area contributed by atoms with Gasteiger partial charge in [-0.25, -0.2) is 4.79 Å². The average Bonchev–Trinajstić information content (AvgIpc) is 2.60. The third kappa shape index (κ3) is 5.11. The minimum absolute atomic E-state index is 0.0221. The average molecular weight is 340 g/mol. The van der Waals surface area contributed by atoms with Crippen LogP contribution in [0.3, 0.4) is 0 Å². The molecule has 0 amide bonds. The van der Waals surface area contributed by atoms with Gasteiger partial charge in [0.2, 0.25) is 0 Å². The van der Waals surface area contributed by atoms with Gasteiger partial charge in [0.05, 0.1) is 12.2 Å². The molecular formula is C21H24O4. The monoisotopic (exact) mass is 340 g/mol. The molecule has 0 aromatic heterocycles. The number of phenolic OH excluding ortho intramolecular Hbond substituents is 1. The van der Waals surface area contributed by atoms with E-state index < -0.39 is 5.97 Å². The SMILES string of the molecule is C=C(COC(=O)c1ccccc1)c1cc(O)c(C)cc1OCC(C)C. The van der Waals surface area contributed by atoms with E-state index in [0.29, 0.717) is 35.0 Å². The van der Waals surface area contributed by atoms with E-state index in [9.17, 15) is 9.90 Å². The normalized spacial score (nSPS) is 10.6. The molecule has 4 nitrogen and oxygen atoms in total. The van der Waals surface area contributed by atoms with E-state index in [1.807, 2.05) is 6.07 Å². The lowest BCUT2D eigenvalue weighted by Crippen LogP contribution is -2.09. The minimum atomic E-state index is -0.414. The molecule has 0 saturated carbocycles. The molecule has 2 rings (SSSR count). The summed E-state index contributed by atoms with van der Waals surface area (Å²) in [6.45, 7) is 10.5. The number of benzene rings is 2. The molecule has 0 atom stereocenters. The van der Waals surface area contributed by atoms with Gasteiger partial charge in [0, 0.05) is 5.56 Å². The lowest BCUT2D eigenvalue weighted by atomic mass is 10.0. The van der Waals surface area contributed by atoms with Gasteiger partial charge >= 0.3 is 5.97 Å². The molecule has 4 heteroatoms. The van der Waals surface area contributed by atoms with E-state index in [4.69, 9.17) is 9.47 Å². The number of carbonyl (C=O) groups excluding carboxylic acids is 1. The Morgan fingerprint density at radius 2 is 1.88 bits per heavy atom. The standard InChI is InChI=1S/C21H24O4/c1-14(2)12-24-20-10-15(3)19(22)11-18(20)16(4)13-25-21(23)17-8-6-5-7-9-17/h5-11,14,22H,4,12-13H2,1-3H3. The van der Waals surface area contributed by atoms with Gasteiger partial charge in [-0.1, -0.05) is 38.6 Å². The van der Waals surface area contributed by atoms with Crippen LogP contribution in [-0.2, 0) is 4.74 Å². The van der Waals surface area contributed by atoms with Gasteiger partial charge in [-0.15, -0.1) is 0 Å². The summed E-state index contributed by atoms with van der Waals surface area (Å²) in [5, 5.41) is 10.0. The third-order valence-corrected chi connectivity index (χ3v) is 3.64. The maximum absolute atomic E-state index is 12.1. The molecule has 1 N–H and O–H groups in total. The topological polar surface area (TPSA) is 55.8 Å². The van der Waals surface area contributed by atoms with Gasteiger partial charge in [0.1, 0.15) is 18.1 Å². The number of aromatic hydroxyl groups is 1. The number of hydrogen-bond acceptors (Lipinski definition) is 4. The van der Waals surface area contributed by atoms with Crippen molar-refractivity contribution in [1.29, 1.82) is 0 Å². The Labute approximate surface area is 148 Å². The van der Waals surface area contributed by atoms with Crippen LogP contribution in [0.5, 0.6) is 11.5 Å². The van der Waals surface area contributed by atoms with Crippen LogP contribution in [0.2, 0.25) is 0 Å². The number of hydrogen-bond donors (Lipinski definition) is 1. The van der Waals surface area contributed by atoms with E-state index in [0.717, 1.165) is 5.56 Å². The van der Waals surface area contributed by atoms with Gasteiger partial charge in [0.25, 0.3) is 0 Å². The van der Waals surface area contributed by atoms with Gasteiger partial charge in [0.15, 0.2) is 0 Å². The lowest BCUT2D eigenvalue weighted by molar-refractivity contribution is 0.0556. The summed E-state index contributed by atoms with van der Waals surface area (Å²) >= 11 is 0. The van der Waals surface area contributed by atoms with E-state index in [1.54, 1.807) is 43.3 Å². The van der Waals surface area contributed by atoms with Crippen molar-refractivity contribution < 1.29 is 19.4 Å². The number of carbonyl (C=O) groups is 1. The van der Waals surface area contributed by atoms with Crippen LogP contribution in [0.15, 0.2) is 49.0 Å². The highest BCUT2D eigenvalue weighted by Crippen LogP contribution is 2.32. The smallest absolute Gasteiger partial charge is 0.338 e. The van der Waals surface area contributed by atoms with Crippen molar-refractivity contribution in [1.82, 2.24) is 0 Å². The highest BCUT2D eigenvalue weighted by atomic mass is 16.5. The van der Waals surface area contributed by atoms with Crippen molar-refractivity contribution >= 4 is 11.5 Å². The molecule has 2 aromatic carbocycles. The summed E-state index contributed by atoms with van der Waals surface area (Å²) in [7, 11) is 0. The first kappa shape index (κ1) is 18.6. The Kier molecular flexibility index (Phi) is 6.23. The first-order chi connectivity index (χ1) is 11.9. The Morgan fingerprint density at radius 1 is 1.20 bits per heavy atom. The van der Waals surface area contributed by atoms with Crippen molar-refractivity contribution in [2.75, 3.05) is 13.2 Å². The molecule has 0 bridgehead atoms. The fraction of sp³-hybridized carbons (Fsp3) is 0.286. The quantitative estimate of drug-likeness (QED) is 0.748. The fourth-order valence-electron chi connectivity index (χ4n) is 2.21. The first-order valence-corrected chi connectivity index (χ1v) is 8.25. The Hall–Kier alpha value is -2.75. The molecule has 0 aliphatic rings. The second-order valence-corrected chi connectivity index (χ2v) is 6.39. The van der Waals surface area contributed by atoms with Crippen molar-refractivity contribution in [2.45, 2.75) is 20.8 Å². The number of rotatable bonds is 7. The molecule has 0 aliphatic carbocycles. The van der Waals surface area contributed by atoms with Crippen LogP contribution < -0.4 is 4.74 Å². The van der Waals surface area contributed by atoms with E-state index in [-0.39, 0.29) is 12.4 Å². The largest absolute Gasteiger partial charge is 0.508 e. The van der Waals surface area contributed by atoms with Crippen LogP contribution in [0, 0.1) is 12.8 Å². The van der Waals surface area contributed by atoms with Crippen molar-refractivity contribution in [3.05, 3.63) is 65.7 Å². The number of aryl methyl sites for hydroxylation is 1. The second kappa shape index (κ2) is 8.38. The van der Waals surface area contributed by atoms with Crippen molar-refractivity contribution in [3.63, 3.8) is 0 Å². The van der Waals surface area contributed by atoms with Gasteiger partial charge in [-0.2, -0.15) is 0 Å². The van der Waals surface area contributed by atoms with Gasteiger partial charge in [-0.05, 0) is 48.2 Å². The van der Waals surface area contributed by atoms with Gasteiger partial charge in [-0.3, -0.25) is 0 Å². The lowest BCUT2D eigenvalue weighted by Gasteiger charge is -2.16. The van der Waals surface area contributed by atoms with Crippen molar-refractivity contribution in [3.8, 4) is 11.5 Å². The molecule has 0 saturated heterocycles. The van der Waals surface area contributed by atoms with Gasteiger partial charge < -0.3 is 14.6 Å². The Morgan fingerprint density at radius 3 is 2.52 bits per heavy atom. The van der Waals surface area contributed by atoms with Crippen LogP contribution in [0.4, 0.5) is 0 Å². The molecule has 25 heavy (non-hydrogen) atoms. The molecule has 132 valence electrons. The molecule has 0 radical (unpaired) electrons. The maximum Gasteiger partial charge on any atom is 0.338 e. The molecule has 0 unspecified atom stereocenters. The second-order valence-electron chi connectivity index (χ2n) is 6.39. The maximum atomic E-state index is 12.1. The molecule has 0 heterocycles. The predicted molar refractivity (Wildman–Crippen MR) is 98.9 cm³/mol.